The molecule has 0 bridgehead atoms. The molecule has 1 saturated carbocycles. The summed E-state index contributed by atoms with van der Waals surface area (Å²) in [7, 11) is 1.54. The highest BCUT2D eigenvalue weighted by Gasteiger charge is 2.66. The molecule has 6 N–H and O–H groups in total. The van der Waals surface area contributed by atoms with E-state index in [0.29, 0.717) is 11.3 Å². The van der Waals surface area contributed by atoms with Gasteiger partial charge in [-0.1, -0.05) is 12.1 Å². The molecule has 0 amide bonds. The number of rotatable bonds is 7. The summed E-state index contributed by atoms with van der Waals surface area (Å²) in [6, 6.07) is 6.94. The molecule has 1 saturated heterocycles. The number of aliphatic hydroxyl groups excluding tert-OH is 5. The second-order valence-corrected chi connectivity index (χ2v) is 9.57. The topological polar surface area (TPSA) is 185 Å². The van der Waals surface area contributed by atoms with Crippen LogP contribution in [0.1, 0.15) is 18.9 Å². The van der Waals surface area contributed by atoms with E-state index in [2.05, 4.69) is 0 Å². The predicted molar refractivity (Wildman–Crippen MR) is 124 cm³/mol. The minimum absolute atomic E-state index is 0.168. The van der Waals surface area contributed by atoms with Crippen LogP contribution in [0.25, 0.3) is 6.08 Å². The lowest BCUT2D eigenvalue weighted by molar-refractivity contribution is -0.351. The molecule has 0 aromatic heterocycles. The monoisotopic (exact) mass is 524 g/mol. The van der Waals surface area contributed by atoms with Crippen LogP contribution in [0.2, 0.25) is 0 Å². The Morgan fingerprint density at radius 1 is 1.11 bits per heavy atom. The smallest absolute Gasteiger partial charge is 0.331 e. The summed E-state index contributed by atoms with van der Waals surface area (Å²) in [5.74, 6) is -1.29. The molecule has 0 spiro atoms. The normalized spacial score (nSPS) is 41.3. The van der Waals surface area contributed by atoms with Crippen molar-refractivity contribution in [2.75, 3.05) is 13.7 Å². The molecule has 2 fully saturated rings. The van der Waals surface area contributed by atoms with Crippen LogP contribution in [0.3, 0.4) is 0 Å². The van der Waals surface area contributed by atoms with Gasteiger partial charge in [-0.25, -0.2) is 4.79 Å². The fourth-order valence-electron chi connectivity index (χ4n) is 5.07. The second-order valence-electron chi connectivity index (χ2n) is 9.57. The molecule has 0 radical (unpaired) electrons. The number of esters is 1. The zero-order chi connectivity index (χ0) is 27.0. The molecule has 12 heteroatoms. The van der Waals surface area contributed by atoms with Crippen molar-refractivity contribution in [2.24, 2.45) is 5.92 Å². The molecule has 3 aliphatic rings. The van der Waals surface area contributed by atoms with Gasteiger partial charge in [0.1, 0.15) is 41.4 Å². The van der Waals surface area contributed by atoms with Crippen molar-refractivity contribution in [3.8, 4) is 5.75 Å². The minimum atomic E-state index is -1.92. The first-order chi connectivity index (χ1) is 17.5. The van der Waals surface area contributed by atoms with Crippen molar-refractivity contribution in [1.29, 1.82) is 0 Å². The van der Waals surface area contributed by atoms with Gasteiger partial charge in [-0.3, -0.25) is 0 Å². The van der Waals surface area contributed by atoms with Gasteiger partial charge in [-0.05, 0) is 36.8 Å². The molecule has 2 heterocycles. The van der Waals surface area contributed by atoms with Gasteiger partial charge in [0.25, 0.3) is 0 Å². The molecular formula is C25H32O12. The maximum Gasteiger partial charge on any atom is 0.331 e. The Morgan fingerprint density at radius 2 is 1.81 bits per heavy atom. The number of methoxy groups -OCH3 is 1. The van der Waals surface area contributed by atoms with Gasteiger partial charge < -0.3 is 54.3 Å². The van der Waals surface area contributed by atoms with Crippen LogP contribution in [0.15, 0.2) is 42.7 Å². The highest BCUT2D eigenvalue weighted by atomic mass is 16.8. The summed E-state index contributed by atoms with van der Waals surface area (Å²) in [4.78, 5) is 12.7. The predicted octanol–water partition coefficient (Wildman–Crippen LogP) is -1.19. The number of carbonyl (C=O) groups is 1. The fraction of sp³-hybridized carbons (Fsp3) is 0.560. The van der Waals surface area contributed by atoms with Gasteiger partial charge in [0.05, 0.1) is 32.0 Å². The Balaban J connectivity index is 1.53. The summed E-state index contributed by atoms with van der Waals surface area (Å²) in [5, 5.41) is 61.9. The van der Waals surface area contributed by atoms with Crippen LogP contribution in [0, 0.1) is 5.92 Å². The standard InChI is InChI=1S/C25H32O12/c1-24(37-17(28)8-5-13-3-6-14(33-2)7-4-13)11-16(27)25(32)9-10-34-23(21(24)25)36-22-20(31)19(30)18(29)15(12-26)35-22/h3-10,15-16,18-23,26-27,29-32H,11-12H2,1-2H3/t15-,16-,18+,19-,20-,21+,22-,23-,24+,25-/m1/s1. The lowest BCUT2D eigenvalue weighted by Gasteiger charge is -2.45. The first-order valence-electron chi connectivity index (χ1n) is 11.8. The third kappa shape index (κ3) is 5.24. The van der Waals surface area contributed by atoms with E-state index in [0.717, 1.165) is 6.26 Å². The molecule has 10 atom stereocenters. The van der Waals surface area contributed by atoms with Crippen LogP contribution >= 0.6 is 0 Å². The Kier molecular flexibility index (Phi) is 7.93. The van der Waals surface area contributed by atoms with E-state index < -0.39 is 72.8 Å². The summed E-state index contributed by atoms with van der Waals surface area (Å²) >= 11 is 0. The molecule has 12 nitrogen and oxygen atoms in total. The van der Waals surface area contributed by atoms with E-state index in [9.17, 15) is 35.4 Å². The van der Waals surface area contributed by atoms with Gasteiger partial charge in [0.15, 0.2) is 6.29 Å². The number of fused-ring (bicyclic) bond motifs is 1. The van der Waals surface area contributed by atoms with E-state index in [1.807, 2.05) is 0 Å². The van der Waals surface area contributed by atoms with E-state index in [1.165, 1.54) is 25.2 Å². The third-order valence-corrected chi connectivity index (χ3v) is 7.09. The van der Waals surface area contributed by atoms with Crippen molar-refractivity contribution < 1.29 is 59.1 Å². The van der Waals surface area contributed by atoms with E-state index in [4.69, 9.17) is 23.7 Å². The maximum absolute atomic E-state index is 12.7. The molecule has 2 aliphatic heterocycles. The molecule has 1 aromatic rings. The van der Waals surface area contributed by atoms with Crippen LogP contribution in [0.4, 0.5) is 0 Å². The SMILES string of the molecule is COc1ccc(C=CC(=O)O[C@@]2(C)C[C@@H](O)[C@]3(O)C=CO[C@H](O[C@H]4O[C@H](CO)[C@H](O)[C@@H](O)[C@H]4O)[C@H]32)cc1. The zero-order valence-corrected chi connectivity index (χ0v) is 20.3. The maximum atomic E-state index is 12.7. The number of benzene rings is 1. The molecule has 4 rings (SSSR count). The molecular weight excluding hydrogens is 492 g/mol. The first kappa shape index (κ1) is 27.5. The molecule has 204 valence electrons. The molecule has 1 aromatic carbocycles. The lowest BCUT2D eigenvalue weighted by Crippen LogP contribution is -2.62. The largest absolute Gasteiger partial charge is 0.497 e. The third-order valence-electron chi connectivity index (χ3n) is 7.09. The zero-order valence-electron chi connectivity index (χ0n) is 20.3. The van der Waals surface area contributed by atoms with Crippen molar-refractivity contribution in [1.82, 2.24) is 0 Å². The van der Waals surface area contributed by atoms with Crippen molar-refractivity contribution in [3.05, 3.63) is 48.2 Å². The Bertz CT molecular complexity index is 1010. The quantitative estimate of drug-likeness (QED) is 0.185. The highest BCUT2D eigenvalue weighted by molar-refractivity contribution is 5.87. The van der Waals surface area contributed by atoms with E-state index in [1.54, 1.807) is 31.4 Å². The number of ether oxygens (including phenoxy) is 5. The second kappa shape index (κ2) is 10.7. The van der Waals surface area contributed by atoms with Crippen molar-refractivity contribution >= 4 is 12.0 Å². The van der Waals surface area contributed by atoms with Gasteiger partial charge in [0.2, 0.25) is 6.29 Å². The number of carbonyl (C=O) groups excluding carboxylic acids is 1. The van der Waals surface area contributed by atoms with Gasteiger partial charge in [-0.15, -0.1) is 0 Å². The summed E-state index contributed by atoms with van der Waals surface area (Å²) in [5.41, 5.74) is -2.72. The Hall–Kier alpha value is -2.55. The van der Waals surface area contributed by atoms with Crippen LogP contribution in [0.5, 0.6) is 5.75 Å². The number of aliphatic hydroxyl groups is 6. The summed E-state index contributed by atoms with van der Waals surface area (Å²) < 4.78 is 27.4. The number of hydrogen-bond acceptors (Lipinski definition) is 12. The lowest BCUT2D eigenvalue weighted by atomic mass is 9.81. The summed E-state index contributed by atoms with van der Waals surface area (Å²) in [6.07, 6.45) is -5.73. The molecule has 1 aliphatic carbocycles. The number of hydrogen-bond donors (Lipinski definition) is 6. The van der Waals surface area contributed by atoms with Crippen LogP contribution in [-0.4, -0.2) is 105 Å². The van der Waals surface area contributed by atoms with Gasteiger partial charge in [-0.2, -0.15) is 0 Å². The van der Waals surface area contributed by atoms with E-state index >= 15 is 0 Å². The van der Waals surface area contributed by atoms with Gasteiger partial charge in [0, 0.05) is 12.5 Å². The van der Waals surface area contributed by atoms with Crippen LogP contribution < -0.4 is 4.74 Å². The average Bonchev–Trinajstić information content (AvgIpc) is 3.08. The fourth-order valence-corrected chi connectivity index (χ4v) is 5.07. The van der Waals surface area contributed by atoms with Crippen molar-refractivity contribution in [2.45, 2.75) is 67.6 Å². The highest BCUT2D eigenvalue weighted by Crippen LogP contribution is 2.51. The average molecular weight is 525 g/mol. The van der Waals surface area contributed by atoms with Crippen LogP contribution in [-0.2, 0) is 23.7 Å². The molecule has 37 heavy (non-hydrogen) atoms. The Morgan fingerprint density at radius 3 is 2.46 bits per heavy atom. The summed E-state index contributed by atoms with van der Waals surface area (Å²) in [6.45, 7) is 0.836. The van der Waals surface area contributed by atoms with E-state index in [-0.39, 0.29) is 6.42 Å². The molecule has 0 unspecified atom stereocenters. The Labute approximate surface area is 212 Å². The van der Waals surface area contributed by atoms with Gasteiger partial charge >= 0.3 is 5.97 Å². The first-order valence-corrected chi connectivity index (χ1v) is 11.8. The van der Waals surface area contributed by atoms with Crippen molar-refractivity contribution in [3.63, 3.8) is 0 Å². The minimum Gasteiger partial charge on any atom is -0.497 e.